The summed E-state index contributed by atoms with van der Waals surface area (Å²) in [6.07, 6.45) is 0.512. The first-order valence-corrected chi connectivity index (χ1v) is 10.8. The van der Waals surface area contributed by atoms with Crippen LogP contribution in [0.5, 0.6) is 17.2 Å². The predicted molar refractivity (Wildman–Crippen MR) is 107 cm³/mol. The number of carbonyl (C=O) groups is 1. The maximum Gasteiger partial charge on any atom is 0.246 e. The molecule has 2 heterocycles. The minimum atomic E-state index is -3.87. The Bertz CT molecular complexity index is 1090. The first-order valence-electron chi connectivity index (χ1n) is 9.02. The summed E-state index contributed by atoms with van der Waals surface area (Å²) in [5.41, 5.74) is -0.440. The predicted octanol–water partition coefficient (Wildman–Crippen LogP) is 3.16. The maximum atomic E-state index is 13.2. The molecule has 2 aliphatic rings. The third-order valence-corrected chi connectivity index (χ3v) is 7.42. The van der Waals surface area contributed by atoms with Gasteiger partial charge in [0.15, 0.2) is 5.78 Å². The van der Waals surface area contributed by atoms with Crippen molar-refractivity contribution in [1.29, 1.82) is 0 Å². The molecule has 0 saturated carbocycles. The highest BCUT2D eigenvalue weighted by molar-refractivity contribution is 7.89. The van der Waals surface area contributed by atoms with Gasteiger partial charge in [0.2, 0.25) is 10.0 Å². The minimum Gasteiger partial charge on any atom is -0.497 e. The zero-order valence-corrected chi connectivity index (χ0v) is 17.5. The fourth-order valence-electron chi connectivity index (χ4n) is 3.83. The largest absolute Gasteiger partial charge is 0.497 e. The van der Waals surface area contributed by atoms with Crippen LogP contribution in [0.4, 0.5) is 0 Å². The lowest BCUT2D eigenvalue weighted by Crippen LogP contribution is -2.45. The number of benzene rings is 2. The maximum absolute atomic E-state index is 13.2. The number of carbonyl (C=O) groups excluding carboxylic acids is 1. The fourth-order valence-corrected chi connectivity index (χ4v) is 5.77. The fraction of sp³-hybridized carbons (Fsp3) is 0.350. The molecule has 0 aliphatic carbocycles. The van der Waals surface area contributed by atoms with Gasteiger partial charge in [-0.05, 0) is 36.4 Å². The first kappa shape index (κ1) is 20.0. The van der Waals surface area contributed by atoms with Crippen LogP contribution < -0.4 is 14.2 Å². The zero-order chi connectivity index (χ0) is 20.8. The van der Waals surface area contributed by atoms with Gasteiger partial charge in [0.1, 0.15) is 27.7 Å². The second-order valence-corrected chi connectivity index (χ2v) is 9.47. The Balaban J connectivity index is 1.64. The number of rotatable bonds is 4. The van der Waals surface area contributed by atoms with Crippen LogP contribution in [0.25, 0.3) is 0 Å². The Morgan fingerprint density at radius 3 is 2.66 bits per heavy atom. The topological polar surface area (TPSA) is 82.1 Å². The molecule has 1 atom stereocenters. The van der Waals surface area contributed by atoms with Crippen LogP contribution in [0, 0.1) is 0 Å². The number of nitrogens with zero attached hydrogens (tertiary/aromatic N) is 1. The van der Waals surface area contributed by atoms with E-state index in [1.165, 1.54) is 30.7 Å². The van der Waals surface area contributed by atoms with Crippen molar-refractivity contribution in [3.63, 3.8) is 0 Å². The number of Topliss-reactive ketones (excluding diaryl/α,β-unsaturated/α-hetero) is 1. The molecule has 0 bridgehead atoms. The minimum absolute atomic E-state index is 0.00294. The number of sulfonamides is 1. The van der Waals surface area contributed by atoms with Gasteiger partial charge in [-0.15, -0.1) is 0 Å². The van der Waals surface area contributed by atoms with Gasteiger partial charge < -0.3 is 14.2 Å². The van der Waals surface area contributed by atoms with Crippen molar-refractivity contribution in [3.8, 4) is 17.2 Å². The molecule has 2 aliphatic heterocycles. The molecular formula is C20H20ClNO6S. The molecule has 7 nitrogen and oxygen atoms in total. The molecule has 1 spiro atoms. The Labute approximate surface area is 174 Å². The second kappa shape index (κ2) is 7.19. The van der Waals surface area contributed by atoms with Crippen molar-refractivity contribution >= 4 is 27.4 Å². The summed E-state index contributed by atoms with van der Waals surface area (Å²) in [4.78, 5) is 12.7. The van der Waals surface area contributed by atoms with Gasteiger partial charge >= 0.3 is 0 Å². The summed E-state index contributed by atoms with van der Waals surface area (Å²) >= 11 is 6.01. The number of fused-ring (bicyclic) bond motifs is 1. The number of halogens is 1. The Kier molecular flexibility index (Phi) is 4.96. The summed E-state index contributed by atoms with van der Waals surface area (Å²) in [7, 11) is -0.939. The van der Waals surface area contributed by atoms with Crippen molar-refractivity contribution in [1.82, 2.24) is 4.31 Å². The van der Waals surface area contributed by atoms with Crippen molar-refractivity contribution in [2.45, 2.75) is 23.3 Å². The average Bonchev–Trinajstić information content (AvgIpc) is 3.11. The lowest BCUT2D eigenvalue weighted by atomic mass is 9.89. The van der Waals surface area contributed by atoms with Gasteiger partial charge in [0.05, 0.1) is 32.7 Å². The van der Waals surface area contributed by atoms with E-state index in [4.69, 9.17) is 25.8 Å². The van der Waals surface area contributed by atoms with E-state index in [-0.39, 0.29) is 35.9 Å². The molecule has 0 radical (unpaired) electrons. The molecule has 0 amide bonds. The molecule has 4 rings (SSSR count). The van der Waals surface area contributed by atoms with Crippen LogP contribution in [-0.2, 0) is 10.0 Å². The van der Waals surface area contributed by atoms with E-state index in [2.05, 4.69) is 0 Å². The smallest absolute Gasteiger partial charge is 0.246 e. The van der Waals surface area contributed by atoms with Gasteiger partial charge in [-0.25, -0.2) is 8.42 Å². The summed E-state index contributed by atoms with van der Waals surface area (Å²) in [6.45, 7) is 0.305. The highest BCUT2D eigenvalue weighted by Gasteiger charge is 2.49. The van der Waals surface area contributed by atoms with Crippen molar-refractivity contribution < 1.29 is 27.4 Å². The van der Waals surface area contributed by atoms with E-state index in [1.807, 2.05) is 0 Å². The van der Waals surface area contributed by atoms with E-state index in [0.29, 0.717) is 28.5 Å². The van der Waals surface area contributed by atoms with Gasteiger partial charge in [-0.2, -0.15) is 4.31 Å². The van der Waals surface area contributed by atoms with E-state index in [1.54, 1.807) is 24.3 Å². The Morgan fingerprint density at radius 2 is 1.93 bits per heavy atom. The van der Waals surface area contributed by atoms with E-state index < -0.39 is 15.6 Å². The normalized spacial score (nSPS) is 21.7. The number of ether oxygens (including phenoxy) is 3. The van der Waals surface area contributed by atoms with Crippen LogP contribution in [0.3, 0.4) is 0 Å². The molecule has 0 aromatic heterocycles. The van der Waals surface area contributed by atoms with E-state index >= 15 is 0 Å². The van der Waals surface area contributed by atoms with Crippen molar-refractivity contribution in [2.24, 2.45) is 0 Å². The molecule has 29 heavy (non-hydrogen) atoms. The molecule has 2 aromatic rings. The van der Waals surface area contributed by atoms with Crippen LogP contribution in [0.1, 0.15) is 23.2 Å². The monoisotopic (exact) mass is 437 g/mol. The third-order valence-electron chi connectivity index (χ3n) is 5.32. The Morgan fingerprint density at radius 1 is 1.14 bits per heavy atom. The molecule has 1 saturated heterocycles. The van der Waals surface area contributed by atoms with Crippen LogP contribution in [-0.4, -0.2) is 51.4 Å². The third kappa shape index (κ3) is 3.45. The highest BCUT2D eigenvalue weighted by Crippen LogP contribution is 2.42. The lowest BCUT2D eigenvalue weighted by molar-refractivity contribution is 0.0497. The lowest BCUT2D eigenvalue weighted by Gasteiger charge is -2.34. The van der Waals surface area contributed by atoms with Crippen LogP contribution >= 0.6 is 11.6 Å². The zero-order valence-electron chi connectivity index (χ0n) is 16.0. The number of ketones is 1. The van der Waals surface area contributed by atoms with Crippen LogP contribution in [0.2, 0.25) is 5.02 Å². The van der Waals surface area contributed by atoms with Crippen molar-refractivity contribution in [2.75, 3.05) is 27.3 Å². The molecule has 0 N–H and O–H groups in total. The van der Waals surface area contributed by atoms with Gasteiger partial charge in [0, 0.05) is 18.0 Å². The number of hydrogen-bond acceptors (Lipinski definition) is 6. The highest BCUT2D eigenvalue weighted by atomic mass is 35.5. The molecular weight excluding hydrogens is 418 g/mol. The first-order chi connectivity index (χ1) is 13.8. The number of hydrogen-bond donors (Lipinski definition) is 0. The SMILES string of the molecule is COc1ccc2c(c1)C(=O)CC1(CCN(S(=O)(=O)c3cc(Cl)ccc3OC)C1)O2. The van der Waals surface area contributed by atoms with E-state index in [0.717, 1.165) is 0 Å². The molecule has 2 aromatic carbocycles. The standard InChI is InChI=1S/C20H20ClNO6S/c1-26-14-4-6-17-15(10-14)16(23)11-20(28-17)7-8-22(12-20)29(24,25)19-9-13(21)3-5-18(19)27-2/h3-6,9-10H,7-8,11-12H2,1-2H3. The van der Waals surface area contributed by atoms with Gasteiger partial charge in [0.25, 0.3) is 0 Å². The summed E-state index contributed by atoms with van der Waals surface area (Å²) in [5.74, 6) is 1.14. The summed E-state index contributed by atoms with van der Waals surface area (Å²) in [6, 6.07) is 9.50. The molecule has 154 valence electrons. The number of methoxy groups -OCH3 is 2. The summed E-state index contributed by atoms with van der Waals surface area (Å²) in [5, 5.41) is 0.297. The van der Waals surface area contributed by atoms with Gasteiger partial charge in [-0.1, -0.05) is 11.6 Å². The molecule has 1 fully saturated rings. The van der Waals surface area contributed by atoms with E-state index in [9.17, 15) is 13.2 Å². The van der Waals surface area contributed by atoms with Crippen molar-refractivity contribution in [3.05, 3.63) is 47.0 Å². The second-order valence-electron chi connectivity index (χ2n) is 7.13. The van der Waals surface area contributed by atoms with Crippen LogP contribution in [0.15, 0.2) is 41.3 Å². The molecule has 1 unspecified atom stereocenters. The van der Waals surface area contributed by atoms with Gasteiger partial charge in [-0.3, -0.25) is 4.79 Å². The average molecular weight is 438 g/mol. The Hall–Kier alpha value is -2.29. The quantitative estimate of drug-likeness (QED) is 0.730. The summed E-state index contributed by atoms with van der Waals surface area (Å²) < 4.78 is 44.3. The molecule has 9 heteroatoms.